The molecule has 84 heavy (non-hydrogen) atoms. The quantitative estimate of drug-likeness (QED) is 0.0320. The van der Waals surface area contributed by atoms with Crippen molar-refractivity contribution in [3.63, 3.8) is 0 Å². The Balaban J connectivity index is 3.35. The number of carbonyl (C=O) groups excluding carboxylic acids is 2. The van der Waals surface area contributed by atoms with Gasteiger partial charge in [-0.15, -0.1) is 0 Å². The molecule has 2 unspecified atom stereocenters. The van der Waals surface area contributed by atoms with E-state index >= 15 is 0 Å². The largest absolute Gasteiger partial charge is 0.466 e. The number of ether oxygens (including phenoxy) is 1. The van der Waals surface area contributed by atoms with E-state index in [1.54, 1.807) is 0 Å². The van der Waals surface area contributed by atoms with E-state index in [1.165, 1.54) is 340 Å². The van der Waals surface area contributed by atoms with E-state index < -0.39 is 12.1 Å². The summed E-state index contributed by atoms with van der Waals surface area (Å²) in [4.78, 5) is 24.6. The van der Waals surface area contributed by atoms with Crippen molar-refractivity contribution in [3.8, 4) is 0 Å². The Hall–Kier alpha value is -1.92. The number of carbonyl (C=O) groups is 2. The van der Waals surface area contributed by atoms with E-state index in [-0.39, 0.29) is 18.5 Å². The van der Waals surface area contributed by atoms with Crippen LogP contribution in [0.5, 0.6) is 0 Å². The Morgan fingerprint density at radius 3 is 0.952 bits per heavy atom. The maximum Gasteiger partial charge on any atom is 0.305 e. The maximum absolute atomic E-state index is 12.6. The van der Waals surface area contributed by atoms with Crippen molar-refractivity contribution >= 4 is 11.9 Å². The fourth-order valence-electron chi connectivity index (χ4n) is 12.1. The summed E-state index contributed by atoms with van der Waals surface area (Å²) >= 11 is 0. The molecule has 0 aliphatic heterocycles. The van der Waals surface area contributed by atoms with Crippen LogP contribution in [0.1, 0.15) is 425 Å². The molecule has 0 aromatic rings. The summed E-state index contributed by atoms with van der Waals surface area (Å²) in [7, 11) is 0. The molecule has 0 rings (SSSR count). The lowest BCUT2D eigenvalue weighted by molar-refractivity contribution is -0.143. The van der Waals surface area contributed by atoms with E-state index in [0.29, 0.717) is 25.9 Å². The number of aliphatic hydroxyl groups excluding tert-OH is 2. The SMILES string of the molecule is CCCC/C=C\C/C=C\CCCCCCCC(=O)OCCCCCCCCCCCCCC/C=C\CCCCCCCCCCCCCCCCCCCC(=O)NC(CO)C(O)CCCCCCCCCCCCCCCCCCCCCC. The van der Waals surface area contributed by atoms with Gasteiger partial charge in [-0.3, -0.25) is 9.59 Å². The van der Waals surface area contributed by atoms with Crippen LogP contribution < -0.4 is 5.32 Å². The van der Waals surface area contributed by atoms with Crippen LogP contribution in [0.25, 0.3) is 0 Å². The van der Waals surface area contributed by atoms with Gasteiger partial charge in [0.1, 0.15) is 0 Å². The van der Waals surface area contributed by atoms with Gasteiger partial charge in [-0.2, -0.15) is 0 Å². The summed E-state index contributed by atoms with van der Waals surface area (Å²) < 4.78 is 5.48. The summed E-state index contributed by atoms with van der Waals surface area (Å²) in [5, 5.41) is 23.4. The van der Waals surface area contributed by atoms with Crippen LogP contribution in [0, 0.1) is 0 Å². The number of rotatable bonds is 72. The number of aliphatic hydroxyl groups is 2. The van der Waals surface area contributed by atoms with Gasteiger partial charge in [-0.25, -0.2) is 0 Å². The van der Waals surface area contributed by atoms with Crippen LogP contribution in [0.3, 0.4) is 0 Å². The Morgan fingerprint density at radius 2 is 0.607 bits per heavy atom. The summed E-state index contributed by atoms with van der Waals surface area (Å²) in [6.07, 6.45) is 95.1. The third-order valence-corrected chi connectivity index (χ3v) is 17.9. The highest BCUT2D eigenvalue weighted by Gasteiger charge is 2.20. The van der Waals surface area contributed by atoms with Crippen molar-refractivity contribution in [1.82, 2.24) is 5.32 Å². The van der Waals surface area contributed by atoms with Crippen LogP contribution in [-0.2, 0) is 14.3 Å². The van der Waals surface area contributed by atoms with Crippen molar-refractivity contribution in [2.24, 2.45) is 0 Å². The Labute approximate surface area is 525 Å². The zero-order valence-electron chi connectivity index (χ0n) is 56.9. The second-order valence-corrected chi connectivity index (χ2v) is 26.3. The number of allylic oxidation sites excluding steroid dienone is 6. The van der Waals surface area contributed by atoms with E-state index in [4.69, 9.17) is 4.74 Å². The van der Waals surface area contributed by atoms with Gasteiger partial charge in [-0.05, 0) is 77.0 Å². The predicted molar refractivity (Wildman–Crippen MR) is 370 cm³/mol. The molecule has 0 radical (unpaired) electrons. The summed E-state index contributed by atoms with van der Waals surface area (Å²) in [5.41, 5.74) is 0. The molecule has 496 valence electrons. The van der Waals surface area contributed by atoms with E-state index in [1.807, 2.05) is 0 Å². The Morgan fingerprint density at radius 1 is 0.333 bits per heavy atom. The lowest BCUT2D eigenvalue weighted by atomic mass is 10.0. The highest BCUT2D eigenvalue weighted by atomic mass is 16.5. The maximum atomic E-state index is 12.6. The number of esters is 1. The molecule has 0 bridgehead atoms. The van der Waals surface area contributed by atoms with Crippen molar-refractivity contribution in [1.29, 1.82) is 0 Å². The first kappa shape index (κ1) is 82.1. The summed E-state index contributed by atoms with van der Waals surface area (Å²) in [6.45, 7) is 4.95. The first-order chi connectivity index (χ1) is 41.5. The molecule has 1 amide bonds. The van der Waals surface area contributed by atoms with E-state index in [2.05, 4.69) is 55.6 Å². The van der Waals surface area contributed by atoms with Crippen LogP contribution in [0.4, 0.5) is 0 Å². The van der Waals surface area contributed by atoms with E-state index in [9.17, 15) is 19.8 Å². The zero-order chi connectivity index (χ0) is 60.6. The third-order valence-electron chi connectivity index (χ3n) is 17.9. The van der Waals surface area contributed by atoms with Crippen LogP contribution in [-0.4, -0.2) is 47.4 Å². The Kier molecular flexibility index (Phi) is 71.9. The van der Waals surface area contributed by atoms with Gasteiger partial charge in [0, 0.05) is 12.8 Å². The minimum absolute atomic E-state index is 0.00454. The molecule has 0 aliphatic carbocycles. The van der Waals surface area contributed by atoms with Crippen LogP contribution in [0.2, 0.25) is 0 Å². The average molecular weight is 1180 g/mol. The van der Waals surface area contributed by atoms with E-state index in [0.717, 1.165) is 51.4 Å². The molecule has 6 nitrogen and oxygen atoms in total. The summed E-state index contributed by atoms with van der Waals surface area (Å²) in [5.74, 6) is -0.0228. The standard InChI is InChI=1S/C78H149NO5/c1-3-5-7-9-11-13-15-17-19-20-21-37-40-43-46-50-54-58-62-66-70-76(81)75(74-80)79-77(82)71-67-63-59-55-51-47-44-41-38-35-33-31-29-27-25-23-22-24-26-28-30-32-34-36-39-42-45-49-53-57-61-65-69-73-84-78(83)72-68-64-60-56-52-48-18-16-14-12-10-8-6-4-2/h10,12,16,18,26,28,75-76,80-81H,3-9,11,13-15,17,19-25,27,29-74H2,1-2H3,(H,79,82)/b12-10-,18-16-,28-26-. The number of amides is 1. The average Bonchev–Trinajstić information content (AvgIpc) is 3.51. The highest BCUT2D eigenvalue weighted by molar-refractivity contribution is 5.76. The van der Waals surface area contributed by atoms with Crippen molar-refractivity contribution in [2.75, 3.05) is 13.2 Å². The van der Waals surface area contributed by atoms with Gasteiger partial charge in [0.15, 0.2) is 0 Å². The fraction of sp³-hybridized carbons (Fsp3) is 0.897. The molecular formula is C78H149NO5. The monoisotopic (exact) mass is 1180 g/mol. The van der Waals surface area contributed by atoms with Gasteiger partial charge in [0.25, 0.3) is 0 Å². The lowest BCUT2D eigenvalue weighted by Crippen LogP contribution is -2.45. The molecule has 0 fully saturated rings. The molecule has 0 saturated carbocycles. The molecule has 2 atom stereocenters. The zero-order valence-corrected chi connectivity index (χ0v) is 56.9. The molecule has 0 aromatic carbocycles. The first-order valence-corrected chi connectivity index (χ1v) is 38.2. The van der Waals surface area contributed by atoms with Gasteiger partial charge >= 0.3 is 5.97 Å². The van der Waals surface area contributed by atoms with Gasteiger partial charge < -0.3 is 20.3 Å². The smallest absolute Gasteiger partial charge is 0.305 e. The van der Waals surface area contributed by atoms with Crippen LogP contribution in [0.15, 0.2) is 36.5 Å². The predicted octanol–water partition coefficient (Wildman–Crippen LogP) is 25.0. The molecule has 0 saturated heterocycles. The minimum atomic E-state index is -0.663. The number of unbranched alkanes of at least 4 members (excludes halogenated alkanes) is 55. The minimum Gasteiger partial charge on any atom is -0.466 e. The first-order valence-electron chi connectivity index (χ1n) is 38.2. The lowest BCUT2D eigenvalue weighted by Gasteiger charge is -2.22. The molecule has 0 spiro atoms. The highest BCUT2D eigenvalue weighted by Crippen LogP contribution is 2.19. The molecule has 0 aromatic heterocycles. The normalized spacial score (nSPS) is 12.7. The van der Waals surface area contributed by atoms with Crippen molar-refractivity contribution < 1.29 is 24.5 Å². The molecule has 6 heteroatoms. The van der Waals surface area contributed by atoms with Crippen LogP contribution >= 0.6 is 0 Å². The molecule has 0 aliphatic rings. The van der Waals surface area contributed by atoms with Gasteiger partial charge in [-0.1, -0.05) is 371 Å². The number of nitrogens with one attached hydrogen (secondary N) is 1. The molecular weight excluding hydrogens is 1030 g/mol. The second kappa shape index (κ2) is 73.5. The van der Waals surface area contributed by atoms with Gasteiger partial charge in [0.2, 0.25) is 5.91 Å². The molecule has 0 heterocycles. The van der Waals surface area contributed by atoms with Gasteiger partial charge in [0.05, 0.1) is 25.4 Å². The number of hydrogen-bond donors (Lipinski definition) is 3. The second-order valence-electron chi connectivity index (χ2n) is 26.3. The Bertz CT molecular complexity index is 1360. The van der Waals surface area contributed by atoms with Crippen molar-refractivity contribution in [2.45, 2.75) is 437 Å². The van der Waals surface area contributed by atoms with Crippen molar-refractivity contribution in [3.05, 3.63) is 36.5 Å². The number of hydrogen-bond acceptors (Lipinski definition) is 5. The topological polar surface area (TPSA) is 95.9 Å². The fourth-order valence-corrected chi connectivity index (χ4v) is 12.1. The third kappa shape index (κ3) is 69.2. The molecule has 3 N–H and O–H groups in total. The summed E-state index contributed by atoms with van der Waals surface area (Å²) in [6, 6.07) is -0.540.